The molecule has 1 aromatic rings. The van der Waals surface area contributed by atoms with E-state index in [0.29, 0.717) is 0 Å². The molecule has 1 aromatic heterocycles. The van der Waals surface area contributed by atoms with E-state index in [1.54, 1.807) is 0 Å². The largest absolute Gasteiger partial charge is 0.480 e. The summed E-state index contributed by atoms with van der Waals surface area (Å²) in [6.07, 6.45) is 0. The number of carboxylic acids is 1. The van der Waals surface area contributed by atoms with Crippen LogP contribution in [0.4, 0.5) is 0 Å². The van der Waals surface area contributed by atoms with Gasteiger partial charge in [0.05, 0.1) is 18.9 Å². The summed E-state index contributed by atoms with van der Waals surface area (Å²) in [4.78, 5) is 10.3. The van der Waals surface area contributed by atoms with Crippen LogP contribution in [-0.2, 0) is 24.6 Å². The molecule has 0 atom stereocenters. The lowest BCUT2D eigenvalue weighted by Gasteiger charge is -2.00. The molecule has 0 saturated carbocycles. The van der Waals surface area contributed by atoms with E-state index in [1.807, 2.05) is 0 Å². The van der Waals surface area contributed by atoms with Gasteiger partial charge in [0.1, 0.15) is 12.2 Å². The third-order valence-electron chi connectivity index (χ3n) is 1.50. The van der Waals surface area contributed by atoms with Crippen LogP contribution in [-0.4, -0.2) is 36.3 Å². The van der Waals surface area contributed by atoms with Gasteiger partial charge in [-0.2, -0.15) is 0 Å². The van der Waals surface area contributed by atoms with Gasteiger partial charge in [-0.25, -0.2) is 4.68 Å². The smallest absolute Gasteiger partial charge is 0.325 e. The lowest BCUT2D eigenvalue weighted by Crippen LogP contribution is -2.13. The van der Waals surface area contributed by atoms with E-state index in [1.165, 1.54) is 0 Å². The fourth-order valence-corrected chi connectivity index (χ4v) is 0.920. The Bertz CT molecular complexity index is 309. The average molecular weight is 187 g/mol. The highest BCUT2D eigenvalue weighted by atomic mass is 16.4. The number of nitrogens with zero attached hydrogens (tertiary/aromatic N) is 3. The summed E-state index contributed by atoms with van der Waals surface area (Å²) in [5.41, 5.74) is 0.425. The van der Waals surface area contributed by atoms with Gasteiger partial charge in [0.2, 0.25) is 0 Å². The number of carbonyl (C=O) groups is 1. The second-order valence-corrected chi connectivity index (χ2v) is 2.35. The molecule has 0 unspecified atom stereocenters. The molecular formula is C6H9N3O4. The molecule has 0 spiro atoms. The normalized spacial score (nSPS) is 10.3. The topological polar surface area (TPSA) is 108 Å². The molecule has 0 bridgehead atoms. The molecular weight excluding hydrogens is 178 g/mol. The molecule has 3 N–H and O–H groups in total. The minimum Gasteiger partial charge on any atom is -0.480 e. The third-order valence-corrected chi connectivity index (χ3v) is 1.50. The van der Waals surface area contributed by atoms with Crippen molar-refractivity contribution in [3.8, 4) is 0 Å². The predicted octanol–water partition coefficient (Wildman–Crippen LogP) is -1.65. The van der Waals surface area contributed by atoms with Gasteiger partial charge in [-0.15, -0.1) is 5.10 Å². The first-order valence-corrected chi connectivity index (χ1v) is 3.53. The van der Waals surface area contributed by atoms with Crippen molar-refractivity contribution in [1.82, 2.24) is 15.0 Å². The Balaban J connectivity index is 2.93. The Labute approximate surface area is 73.2 Å². The van der Waals surface area contributed by atoms with Gasteiger partial charge in [-0.05, 0) is 0 Å². The molecule has 0 fully saturated rings. The first kappa shape index (κ1) is 9.62. The molecule has 1 rings (SSSR count). The van der Waals surface area contributed by atoms with Crippen LogP contribution in [0.2, 0.25) is 0 Å². The summed E-state index contributed by atoms with van der Waals surface area (Å²) in [5.74, 6) is -1.08. The van der Waals surface area contributed by atoms with Crippen LogP contribution in [0.1, 0.15) is 11.4 Å². The van der Waals surface area contributed by atoms with Crippen molar-refractivity contribution in [3.63, 3.8) is 0 Å². The summed E-state index contributed by atoms with van der Waals surface area (Å²) in [6, 6.07) is 0. The monoisotopic (exact) mass is 187 g/mol. The van der Waals surface area contributed by atoms with Crippen LogP contribution in [0, 0.1) is 0 Å². The minimum absolute atomic E-state index is 0.198. The lowest BCUT2D eigenvalue weighted by molar-refractivity contribution is -0.138. The van der Waals surface area contributed by atoms with Gasteiger partial charge < -0.3 is 15.3 Å². The zero-order valence-corrected chi connectivity index (χ0v) is 6.71. The van der Waals surface area contributed by atoms with Crippen molar-refractivity contribution in [3.05, 3.63) is 11.4 Å². The molecule has 1 heterocycles. The Hall–Kier alpha value is -1.47. The Morgan fingerprint density at radius 3 is 2.54 bits per heavy atom. The second-order valence-electron chi connectivity index (χ2n) is 2.35. The van der Waals surface area contributed by atoms with Gasteiger partial charge >= 0.3 is 5.97 Å². The van der Waals surface area contributed by atoms with Crippen molar-refractivity contribution in [2.45, 2.75) is 19.8 Å². The maximum absolute atomic E-state index is 10.3. The third kappa shape index (κ3) is 2.01. The summed E-state index contributed by atoms with van der Waals surface area (Å²) in [7, 11) is 0. The fraction of sp³-hybridized carbons (Fsp3) is 0.500. The summed E-state index contributed by atoms with van der Waals surface area (Å²) >= 11 is 0. The fourth-order valence-electron chi connectivity index (χ4n) is 0.920. The number of hydrogen-bond donors (Lipinski definition) is 3. The molecule has 0 radical (unpaired) electrons. The predicted molar refractivity (Wildman–Crippen MR) is 39.5 cm³/mol. The number of hydrogen-bond acceptors (Lipinski definition) is 5. The van der Waals surface area contributed by atoms with Crippen molar-refractivity contribution in [2.24, 2.45) is 0 Å². The number of aliphatic hydroxyl groups is 2. The first-order valence-electron chi connectivity index (χ1n) is 3.53. The van der Waals surface area contributed by atoms with Crippen LogP contribution < -0.4 is 0 Å². The summed E-state index contributed by atoms with van der Waals surface area (Å²) in [5, 5.41) is 32.9. The van der Waals surface area contributed by atoms with Gasteiger partial charge in [-0.1, -0.05) is 5.21 Å². The van der Waals surface area contributed by atoms with Crippen LogP contribution in [0.5, 0.6) is 0 Å². The molecule has 7 nitrogen and oxygen atoms in total. The average Bonchev–Trinajstić information content (AvgIpc) is 2.45. The Morgan fingerprint density at radius 1 is 1.38 bits per heavy atom. The standard InChI is InChI=1S/C6H9N3O4/c10-2-4-5(3-11)9(8-7-4)1-6(12)13/h10-11H,1-3H2,(H,12,13). The first-order chi connectivity index (χ1) is 6.19. The molecule has 13 heavy (non-hydrogen) atoms. The molecule has 0 amide bonds. The van der Waals surface area contributed by atoms with Gasteiger partial charge in [0, 0.05) is 0 Å². The highest BCUT2D eigenvalue weighted by Crippen LogP contribution is 2.04. The van der Waals surface area contributed by atoms with E-state index in [-0.39, 0.29) is 24.5 Å². The molecule has 0 aliphatic rings. The highest BCUT2D eigenvalue weighted by molar-refractivity contribution is 5.66. The summed E-state index contributed by atoms with van der Waals surface area (Å²) in [6.45, 7) is -1.13. The van der Waals surface area contributed by atoms with E-state index < -0.39 is 12.6 Å². The van der Waals surface area contributed by atoms with Crippen molar-refractivity contribution < 1.29 is 20.1 Å². The van der Waals surface area contributed by atoms with Crippen LogP contribution in [0.15, 0.2) is 0 Å². The van der Waals surface area contributed by atoms with Crippen molar-refractivity contribution >= 4 is 5.97 Å². The second kappa shape index (κ2) is 3.97. The molecule has 0 aliphatic carbocycles. The quantitative estimate of drug-likeness (QED) is 0.521. The number of aliphatic hydroxyl groups excluding tert-OH is 2. The van der Waals surface area contributed by atoms with Crippen LogP contribution >= 0.6 is 0 Å². The van der Waals surface area contributed by atoms with Crippen LogP contribution in [0.25, 0.3) is 0 Å². The van der Waals surface area contributed by atoms with E-state index in [2.05, 4.69) is 10.3 Å². The molecule has 0 aliphatic heterocycles. The van der Waals surface area contributed by atoms with E-state index in [9.17, 15) is 4.79 Å². The van der Waals surface area contributed by atoms with Crippen molar-refractivity contribution in [1.29, 1.82) is 0 Å². The number of carboxylic acid groups (broad SMARTS) is 1. The minimum atomic E-state index is -1.08. The maximum atomic E-state index is 10.3. The number of aromatic nitrogens is 3. The number of rotatable bonds is 4. The van der Waals surface area contributed by atoms with Crippen LogP contribution in [0.3, 0.4) is 0 Å². The Morgan fingerprint density at radius 2 is 2.08 bits per heavy atom. The SMILES string of the molecule is O=C(O)Cn1nnc(CO)c1CO. The molecule has 0 aromatic carbocycles. The Kier molecular flexibility index (Phi) is 2.93. The van der Waals surface area contributed by atoms with Crippen molar-refractivity contribution in [2.75, 3.05) is 0 Å². The maximum Gasteiger partial charge on any atom is 0.325 e. The molecule has 0 saturated heterocycles. The number of aliphatic carboxylic acids is 1. The van der Waals surface area contributed by atoms with E-state index >= 15 is 0 Å². The van der Waals surface area contributed by atoms with Gasteiger partial charge in [0.15, 0.2) is 0 Å². The summed E-state index contributed by atoms with van der Waals surface area (Å²) < 4.78 is 1.04. The highest BCUT2D eigenvalue weighted by Gasteiger charge is 2.12. The molecule has 7 heteroatoms. The molecule has 72 valence electrons. The van der Waals surface area contributed by atoms with Gasteiger partial charge in [-0.3, -0.25) is 4.79 Å². The lowest BCUT2D eigenvalue weighted by atomic mass is 10.3. The zero-order valence-electron chi connectivity index (χ0n) is 6.71. The zero-order chi connectivity index (χ0) is 9.84. The van der Waals surface area contributed by atoms with Gasteiger partial charge in [0.25, 0.3) is 0 Å². The van der Waals surface area contributed by atoms with E-state index in [4.69, 9.17) is 15.3 Å². The van der Waals surface area contributed by atoms with E-state index in [0.717, 1.165) is 4.68 Å².